The monoisotopic (exact) mass is 378 g/mol. The highest BCUT2D eigenvalue weighted by atomic mass is 32.1. The van der Waals surface area contributed by atoms with Crippen LogP contribution in [0.15, 0.2) is 0 Å². The summed E-state index contributed by atoms with van der Waals surface area (Å²) in [5.74, 6) is 0.0261. The van der Waals surface area contributed by atoms with E-state index in [1.807, 2.05) is 0 Å². The fraction of sp³-hybridized carbons (Fsp3) is 0.722. The van der Waals surface area contributed by atoms with Gasteiger partial charge in [0.1, 0.15) is 6.10 Å². The molecule has 2 fully saturated rings. The molecule has 1 aromatic heterocycles. The molecule has 8 heteroatoms. The van der Waals surface area contributed by atoms with Gasteiger partial charge in [-0.1, -0.05) is 12.8 Å². The van der Waals surface area contributed by atoms with Gasteiger partial charge in [0.25, 0.3) is 5.91 Å². The van der Waals surface area contributed by atoms with E-state index in [-0.39, 0.29) is 17.9 Å². The minimum absolute atomic E-state index is 0.0959. The quantitative estimate of drug-likeness (QED) is 0.814. The van der Waals surface area contributed by atoms with Crippen molar-refractivity contribution in [1.82, 2.24) is 15.2 Å². The zero-order valence-corrected chi connectivity index (χ0v) is 15.8. The Morgan fingerprint density at radius 3 is 2.85 bits per heavy atom. The average molecular weight is 378 g/mol. The van der Waals surface area contributed by atoms with Gasteiger partial charge in [0.05, 0.1) is 12.2 Å². The lowest BCUT2D eigenvalue weighted by Crippen LogP contribution is -2.42. The van der Waals surface area contributed by atoms with Crippen LogP contribution in [0.4, 0.5) is 5.13 Å². The largest absolute Gasteiger partial charge is 0.368 e. The van der Waals surface area contributed by atoms with Crippen LogP contribution in [-0.4, -0.2) is 53.5 Å². The van der Waals surface area contributed by atoms with Crippen LogP contribution in [0.5, 0.6) is 0 Å². The topological polar surface area (TPSA) is 83.6 Å². The molecule has 1 unspecified atom stereocenters. The van der Waals surface area contributed by atoms with Gasteiger partial charge in [0, 0.05) is 37.0 Å². The summed E-state index contributed by atoms with van der Waals surface area (Å²) in [7, 11) is 0. The summed E-state index contributed by atoms with van der Waals surface area (Å²) in [4.78, 5) is 32.3. The third kappa shape index (κ3) is 4.24. The van der Waals surface area contributed by atoms with Gasteiger partial charge >= 0.3 is 0 Å². The molecule has 1 aromatic rings. The highest BCUT2D eigenvalue weighted by molar-refractivity contribution is 7.15. The number of hydrogen-bond donors (Lipinski definition) is 2. The predicted molar refractivity (Wildman–Crippen MR) is 99.1 cm³/mol. The Morgan fingerprint density at radius 1 is 1.23 bits per heavy atom. The van der Waals surface area contributed by atoms with Crippen LogP contribution in [0.1, 0.15) is 49.1 Å². The summed E-state index contributed by atoms with van der Waals surface area (Å²) in [5.41, 5.74) is 1.05. The minimum atomic E-state index is -0.341. The number of carbonyl (C=O) groups is 2. The molecule has 3 heterocycles. The van der Waals surface area contributed by atoms with Crippen molar-refractivity contribution in [3.63, 3.8) is 0 Å². The van der Waals surface area contributed by atoms with E-state index in [0.29, 0.717) is 24.3 Å². The summed E-state index contributed by atoms with van der Waals surface area (Å²) >= 11 is 1.51. The SMILES string of the molecule is O=C(CN1CCc2nc(NC(=O)C3CCCO3)sc2C1)NC1CCCC1. The van der Waals surface area contributed by atoms with Gasteiger partial charge in [0.2, 0.25) is 5.91 Å². The number of aromatic nitrogens is 1. The molecule has 26 heavy (non-hydrogen) atoms. The molecule has 1 saturated heterocycles. The molecule has 142 valence electrons. The standard InChI is InChI=1S/C18H26N4O3S/c23-16(19-12-4-1-2-5-12)11-22-8-7-13-15(10-22)26-18(20-13)21-17(24)14-6-3-9-25-14/h12,14H,1-11H2,(H,19,23)(H,20,21,24). The Balaban J connectivity index is 1.30. The average Bonchev–Trinajstić information content (AvgIpc) is 3.35. The summed E-state index contributed by atoms with van der Waals surface area (Å²) < 4.78 is 5.42. The van der Waals surface area contributed by atoms with Crippen LogP contribution in [0.3, 0.4) is 0 Å². The normalized spacial score (nSPS) is 23.8. The van der Waals surface area contributed by atoms with Gasteiger partial charge in [-0.15, -0.1) is 11.3 Å². The van der Waals surface area contributed by atoms with Crippen molar-refractivity contribution in [2.24, 2.45) is 0 Å². The molecule has 0 radical (unpaired) electrons. The molecule has 4 rings (SSSR count). The summed E-state index contributed by atoms with van der Waals surface area (Å²) in [6.45, 7) is 2.64. The molecule has 2 amide bonds. The second kappa shape index (κ2) is 8.02. The van der Waals surface area contributed by atoms with E-state index in [4.69, 9.17) is 4.74 Å². The van der Waals surface area contributed by atoms with E-state index in [9.17, 15) is 9.59 Å². The molecule has 3 aliphatic rings. The zero-order valence-electron chi connectivity index (χ0n) is 15.0. The van der Waals surface area contributed by atoms with Crippen molar-refractivity contribution >= 4 is 28.3 Å². The lowest BCUT2D eigenvalue weighted by molar-refractivity contribution is -0.125. The molecule has 1 saturated carbocycles. The van der Waals surface area contributed by atoms with Gasteiger partial charge in [0.15, 0.2) is 5.13 Å². The lowest BCUT2D eigenvalue weighted by atomic mass is 10.2. The third-order valence-electron chi connectivity index (χ3n) is 5.35. The fourth-order valence-corrected chi connectivity index (χ4v) is 5.01. The first kappa shape index (κ1) is 17.9. The Bertz CT molecular complexity index is 665. The van der Waals surface area contributed by atoms with E-state index in [1.165, 1.54) is 24.2 Å². The molecular formula is C18H26N4O3S. The van der Waals surface area contributed by atoms with Crippen molar-refractivity contribution in [2.75, 3.05) is 25.0 Å². The maximum Gasteiger partial charge on any atom is 0.255 e. The molecule has 1 atom stereocenters. The van der Waals surface area contributed by atoms with Gasteiger partial charge in [-0.2, -0.15) is 0 Å². The number of nitrogens with zero attached hydrogens (tertiary/aromatic N) is 2. The van der Waals surface area contributed by atoms with Crippen LogP contribution >= 0.6 is 11.3 Å². The minimum Gasteiger partial charge on any atom is -0.368 e. The number of fused-ring (bicyclic) bond motifs is 1. The number of thiazole rings is 1. The van der Waals surface area contributed by atoms with E-state index in [2.05, 4.69) is 20.5 Å². The number of ether oxygens (including phenoxy) is 1. The highest BCUT2D eigenvalue weighted by Gasteiger charge is 2.27. The molecule has 2 aliphatic heterocycles. The number of rotatable bonds is 5. The van der Waals surface area contributed by atoms with Crippen molar-refractivity contribution < 1.29 is 14.3 Å². The summed E-state index contributed by atoms with van der Waals surface area (Å²) in [6, 6.07) is 0.367. The summed E-state index contributed by atoms with van der Waals surface area (Å²) in [6.07, 6.45) is 6.85. The van der Waals surface area contributed by atoms with Crippen LogP contribution in [-0.2, 0) is 27.3 Å². The number of amides is 2. The van der Waals surface area contributed by atoms with Crippen LogP contribution in [0.2, 0.25) is 0 Å². The van der Waals surface area contributed by atoms with Gasteiger partial charge in [-0.05, 0) is 25.7 Å². The maximum absolute atomic E-state index is 12.2. The van der Waals surface area contributed by atoms with E-state index < -0.39 is 0 Å². The number of nitrogens with one attached hydrogen (secondary N) is 2. The number of carbonyl (C=O) groups excluding carboxylic acids is 2. The van der Waals surface area contributed by atoms with Gasteiger partial charge in [-0.25, -0.2) is 4.98 Å². The molecule has 7 nitrogen and oxygen atoms in total. The predicted octanol–water partition coefficient (Wildman–Crippen LogP) is 1.68. The lowest BCUT2D eigenvalue weighted by Gasteiger charge is -2.25. The van der Waals surface area contributed by atoms with Crippen LogP contribution in [0.25, 0.3) is 0 Å². The number of hydrogen-bond acceptors (Lipinski definition) is 6. The fourth-order valence-electron chi connectivity index (χ4n) is 3.95. The third-order valence-corrected chi connectivity index (χ3v) is 6.35. The van der Waals surface area contributed by atoms with E-state index >= 15 is 0 Å². The Labute approximate surface area is 157 Å². The van der Waals surface area contributed by atoms with Crippen molar-refractivity contribution in [3.05, 3.63) is 10.6 Å². The molecule has 1 aliphatic carbocycles. The first-order valence-corrected chi connectivity index (χ1v) is 10.4. The Morgan fingerprint density at radius 2 is 2.08 bits per heavy atom. The molecular weight excluding hydrogens is 352 g/mol. The van der Waals surface area contributed by atoms with E-state index in [0.717, 1.165) is 55.8 Å². The van der Waals surface area contributed by atoms with Crippen LogP contribution in [0, 0.1) is 0 Å². The second-order valence-electron chi connectivity index (χ2n) is 7.39. The van der Waals surface area contributed by atoms with Crippen molar-refractivity contribution in [1.29, 1.82) is 0 Å². The van der Waals surface area contributed by atoms with Crippen LogP contribution < -0.4 is 10.6 Å². The first-order chi connectivity index (χ1) is 12.7. The molecule has 2 N–H and O–H groups in total. The Hall–Kier alpha value is -1.51. The highest BCUT2D eigenvalue weighted by Crippen LogP contribution is 2.29. The molecule has 0 bridgehead atoms. The first-order valence-electron chi connectivity index (χ1n) is 9.60. The van der Waals surface area contributed by atoms with Gasteiger partial charge in [-0.3, -0.25) is 19.8 Å². The zero-order chi connectivity index (χ0) is 17.9. The maximum atomic E-state index is 12.2. The Kier molecular flexibility index (Phi) is 5.52. The smallest absolute Gasteiger partial charge is 0.255 e. The molecule has 0 spiro atoms. The van der Waals surface area contributed by atoms with Crippen molar-refractivity contribution in [2.45, 2.75) is 63.6 Å². The summed E-state index contributed by atoms with van der Waals surface area (Å²) in [5, 5.41) is 6.69. The van der Waals surface area contributed by atoms with E-state index in [1.54, 1.807) is 0 Å². The number of anilines is 1. The van der Waals surface area contributed by atoms with Crippen molar-refractivity contribution in [3.8, 4) is 0 Å². The van der Waals surface area contributed by atoms with Gasteiger partial charge < -0.3 is 10.1 Å². The second-order valence-corrected chi connectivity index (χ2v) is 8.47. The molecule has 0 aromatic carbocycles.